The number of rotatable bonds is 6. The van der Waals surface area contributed by atoms with Crippen molar-refractivity contribution < 1.29 is 14.6 Å². The Morgan fingerprint density at radius 1 is 1.19 bits per heavy atom. The first-order valence-corrected chi connectivity index (χ1v) is 8.86. The summed E-state index contributed by atoms with van der Waals surface area (Å²) in [6, 6.07) is 12.4. The van der Waals surface area contributed by atoms with Crippen molar-refractivity contribution >= 4 is 40.0 Å². The molecule has 2 aromatic carbocycles. The molecule has 0 aliphatic rings. The second-order valence-corrected chi connectivity index (χ2v) is 6.66. The molecule has 0 saturated carbocycles. The molecule has 5 nitrogen and oxygen atoms in total. The number of phenols is 1. The minimum Gasteiger partial charge on any atom is -0.508 e. The maximum absolute atomic E-state index is 12.4. The normalized spacial score (nSPS) is 10.9. The van der Waals surface area contributed by atoms with Crippen LogP contribution in [0.4, 0.5) is 0 Å². The molecule has 136 valence electrons. The Labute approximate surface area is 161 Å². The molecule has 1 aromatic heterocycles. The molecule has 0 aliphatic carbocycles. The van der Waals surface area contributed by atoms with E-state index in [1.54, 1.807) is 0 Å². The van der Waals surface area contributed by atoms with Gasteiger partial charge in [0.2, 0.25) is 0 Å². The molecule has 2 N–H and O–H groups in total. The molecule has 0 unspecified atom stereocenters. The van der Waals surface area contributed by atoms with Crippen LogP contribution < -0.4 is 10.1 Å². The predicted molar refractivity (Wildman–Crippen MR) is 103 cm³/mol. The van der Waals surface area contributed by atoms with E-state index in [9.17, 15) is 9.90 Å². The van der Waals surface area contributed by atoms with Gasteiger partial charge in [-0.25, -0.2) is 0 Å². The Morgan fingerprint density at radius 2 is 1.88 bits per heavy atom. The molecular formula is C19H18Cl2N2O3. The van der Waals surface area contributed by atoms with Crippen molar-refractivity contribution in [3.8, 4) is 11.5 Å². The van der Waals surface area contributed by atoms with Crippen molar-refractivity contribution in [3.63, 3.8) is 0 Å². The van der Waals surface area contributed by atoms with Crippen LogP contribution in [0.2, 0.25) is 10.0 Å². The second-order valence-electron chi connectivity index (χ2n) is 5.84. The summed E-state index contributed by atoms with van der Waals surface area (Å²) in [4.78, 5) is 12.4. The number of fused-ring (bicyclic) bond motifs is 1. The molecule has 0 saturated heterocycles. The number of hydrogen-bond acceptors (Lipinski definition) is 3. The van der Waals surface area contributed by atoms with Gasteiger partial charge in [0.1, 0.15) is 11.4 Å². The summed E-state index contributed by atoms with van der Waals surface area (Å²) in [7, 11) is 1.87. The van der Waals surface area contributed by atoms with E-state index in [0.717, 1.165) is 10.9 Å². The number of halogens is 2. The Morgan fingerprint density at radius 3 is 2.58 bits per heavy atom. The van der Waals surface area contributed by atoms with Crippen LogP contribution in [0.1, 0.15) is 16.9 Å². The largest absolute Gasteiger partial charge is 0.508 e. The SMILES string of the molecule is Cn1c(C(=O)NCCCOc2c(Cl)cc(O)cc2Cl)cc2ccccc21. The number of aromatic hydroxyl groups is 1. The van der Waals surface area contributed by atoms with Gasteiger partial charge in [0.25, 0.3) is 5.91 Å². The zero-order valence-electron chi connectivity index (χ0n) is 14.1. The number of hydrogen-bond donors (Lipinski definition) is 2. The highest BCUT2D eigenvalue weighted by molar-refractivity contribution is 6.37. The van der Waals surface area contributed by atoms with E-state index in [1.807, 2.05) is 41.9 Å². The Balaban J connectivity index is 1.52. The lowest BCUT2D eigenvalue weighted by molar-refractivity contribution is 0.0944. The van der Waals surface area contributed by atoms with Crippen molar-refractivity contribution in [2.24, 2.45) is 7.05 Å². The molecule has 3 aromatic rings. The molecule has 3 rings (SSSR count). The number of ether oxygens (including phenoxy) is 1. The summed E-state index contributed by atoms with van der Waals surface area (Å²) >= 11 is 12.0. The van der Waals surface area contributed by atoms with E-state index < -0.39 is 0 Å². The van der Waals surface area contributed by atoms with E-state index >= 15 is 0 Å². The third-order valence-electron chi connectivity index (χ3n) is 4.02. The number of phenolic OH excluding ortho intramolecular Hbond substituents is 1. The van der Waals surface area contributed by atoms with Gasteiger partial charge >= 0.3 is 0 Å². The summed E-state index contributed by atoms with van der Waals surface area (Å²) in [5.41, 5.74) is 1.62. The van der Waals surface area contributed by atoms with Crippen LogP contribution in [0.15, 0.2) is 42.5 Å². The van der Waals surface area contributed by atoms with Crippen LogP contribution in [0, 0.1) is 0 Å². The number of carbonyl (C=O) groups excluding carboxylic acids is 1. The van der Waals surface area contributed by atoms with Crippen LogP contribution in [0.3, 0.4) is 0 Å². The van der Waals surface area contributed by atoms with Crippen molar-refractivity contribution in [3.05, 3.63) is 58.2 Å². The third-order valence-corrected chi connectivity index (χ3v) is 4.58. The Bertz CT molecular complexity index is 930. The summed E-state index contributed by atoms with van der Waals surface area (Å²) in [5.74, 6) is 0.171. The van der Waals surface area contributed by atoms with Gasteiger partial charge in [-0.2, -0.15) is 0 Å². The number of benzene rings is 2. The van der Waals surface area contributed by atoms with Crippen LogP contribution in [-0.2, 0) is 7.05 Å². The molecule has 0 aliphatic heterocycles. The van der Waals surface area contributed by atoms with Gasteiger partial charge in [-0.1, -0.05) is 41.4 Å². The zero-order valence-corrected chi connectivity index (χ0v) is 15.6. The number of para-hydroxylation sites is 1. The lowest BCUT2D eigenvalue weighted by Gasteiger charge is -2.11. The van der Waals surface area contributed by atoms with E-state index in [0.29, 0.717) is 31.0 Å². The van der Waals surface area contributed by atoms with Gasteiger partial charge in [0.15, 0.2) is 5.75 Å². The van der Waals surface area contributed by atoms with Gasteiger partial charge in [0, 0.05) is 36.6 Å². The van der Waals surface area contributed by atoms with Gasteiger partial charge < -0.3 is 19.7 Å². The highest BCUT2D eigenvalue weighted by Crippen LogP contribution is 2.36. The maximum Gasteiger partial charge on any atom is 0.267 e. The second kappa shape index (κ2) is 7.89. The number of aryl methyl sites for hydroxylation is 1. The lowest BCUT2D eigenvalue weighted by Crippen LogP contribution is -2.27. The van der Waals surface area contributed by atoms with Gasteiger partial charge in [-0.3, -0.25) is 4.79 Å². The highest BCUT2D eigenvalue weighted by atomic mass is 35.5. The molecule has 0 spiro atoms. The van der Waals surface area contributed by atoms with Crippen LogP contribution in [0.25, 0.3) is 10.9 Å². The number of amides is 1. The summed E-state index contributed by atoms with van der Waals surface area (Å²) in [6.45, 7) is 0.785. The highest BCUT2D eigenvalue weighted by Gasteiger charge is 2.13. The molecule has 0 atom stereocenters. The molecule has 26 heavy (non-hydrogen) atoms. The van der Waals surface area contributed by atoms with Gasteiger partial charge in [-0.15, -0.1) is 0 Å². The minimum atomic E-state index is -0.135. The van der Waals surface area contributed by atoms with Crippen molar-refractivity contribution in [1.29, 1.82) is 0 Å². The predicted octanol–water partition coefficient (Wildman–Crippen LogP) is 4.39. The first-order chi connectivity index (χ1) is 12.5. The van der Waals surface area contributed by atoms with Crippen LogP contribution in [0.5, 0.6) is 11.5 Å². The molecule has 1 heterocycles. The third kappa shape index (κ3) is 3.89. The minimum absolute atomic E-state index is 0.0189. The lowest BCUT2D eigenvalue weighted by atomic mass is 10.2. The number of carbonyl (C=O) groups is 1. The van der Waals surface area contributed by atoms with Crippen LogP contribution in [-0.4, -0.2) is 28.7 Å². The van der Waals surface area contributed by atoms with E-state index in [-0.39, 0.29) is 21.7 Å². The Hall–Kier alpha value is -2.37. The van der Waals surface area contributed by atoms with Crippen LogP contribution >= 0.6 is 23.2 Å². The molecule has 1 amide bonds. The standard InChI is InChI=1S/C19H18Cl2N2O3/c1-23-16-6-3-2-5-12(16)9-17(23)19(25)22-7-4-8-26-18-14(20)10-13(24)11-15(18)21/h2-3,5-6,9-11,24H,4,7-8H2,1H3,(H,22,25). The number of nitrogens with one attached hydrogen (secondary N) is 1. The Kier molecular flexibility index (Phi) is 5.59. The van der Waals surface area contributed by atoms with Gasteiger partial charge in [-0.05, 0) is 18.6 Å². The van der Waals surface area contributed by atoms with Crippen molar-refractivity contribution in [2.45, 2.75) is 6.42 Å². The number of aromatic nitrogens is 1. The molecule has 0 bridgehead atoms. The smallest absolute Gasteiger partial charge is 0.267 e. The van der Waals surface area contributed by atoms with Gasteiger partial charge in [0.05, 0.1) is 16.7 Å². The summed E-state index contributed by atoms with van der Waals surface area (Å²) in [6.07, 6.45) is 0.587. The first kappa shape index (κ1) is 18.4. The molecular weight excluding hydrogens is 375 g/mol. The molecule has 0 radical (unpaired) electrons. The fourth-order valence-corrected chi connectivity index (χ4v) is 3.31. The quantitative estimate of drug-likeness (QED) is 0.611. The van der Waals surface area contributed by atoms with Crippen molar-refractivity contribution in [1.82, 2.24) is 9.88 Å². The summed E-state index contributed by atoms with van der Waals surface area (Å²) in [5, 5.41) is 13.8. The van der Waals surface area contributed by atoms with Crippen molar-refractivity contribution in [2.75, 3.05) is 13.2 Å². The van der Waals surface area contributed by atoms with E-state index in [1.165, 1.54) is 12.1 Å². The average Bonchev–Trinajstić information content (AvgIpc) is 2.93. The fourth-order valence-electron chi connectivity index (χ4n) is 2.73. The number of nitrogens with zero attached hydrogens (tertiary/aromatic N) is 1. The van der Waals surface area contributed by atoms with E-state index in [2.05, 4.69) is 5.32 Å². The summed E-state index contributed by atoms with van der Waals surface area (Å²) < 4.78 is 7.42. The molecule has 7 heteroatoms. The first-order valence-electron chi connectivity index (χ1n) is 8.11. The topological polar surface area (TPSA) is 63.5 Å². The average molecular weight is 393 g/mol. The maximum atomic E-state index is 12.4. The molecule has 0 fully saturated rings. The zero-order chi connectivity index (χ0) is 18.7. The monoisotopic (exact) mass is 392 g/mol. The van der Waals surface area contributed by atoms with E-state index in [4.69, 9.17) is 27.9 Å². The fraction of sp³-hybridized carbons (Fsp3) is 0.211.